The molecule has 2 heterocycles. The third kappa shape index (κ3) is 5.04. The monoisotopic (exact) mass is 315 g/mol. The van der Waals surface area contributed by atoms with Gasteiger partial charge in [0.15, 0.2) is 0 Å². The van der Waals surface area contributed by atoms with Crippen molar-refractivity contribution >= 4 is 23.1 Å². The van der Waals surface area contributed by atoms with Crippen molar-refractivity contribution in [1.29, 1.82) is 0 Å². The molecule has 0 spiro atoms. The van der Waals surface area contributed by atoms with Crippen LogP contribution in [0.2, 0.25) is 0 Å². The van der Waals surface area contributed by atoms with Crippen LogP contribution in [0.15, 0.2) is 15.7 Å². The van der Waals surface area contributed by atoms with Crippen LogP contribution in [-0.2, 0) is 9.47 Å². The van der Waals surface area contributed by atoms with E-state index in [1.807, 2.05) is 23.1 Å². The minimum atomic E-state index is 0.543. The van der Waals surface area contributed by atoms with Crippen LogP contribution in [0.1, 0.15) is 37.8 Å². The molecular formula is C15H25NO2S2. The largest absolute Gasteiger partial charge is 0.382 e. The Balaban J connectivity index is 1.61. The van der Waals surface area contributed by atoms with Gasteiger partial charge in [0, 0.05) is 25.0 Å². The van der Waals surface area contributed by atoms with Gasteiger partial charge in [0.05, 0.1) is 17.4 Å². The van der Waals surface area contributed by atoms with Crippen LogP contribution in [-0.4, -0.2) is 38.7 Å². The molecule has 3 nitrogen and oxygen atoms in total. The van der Waals surface area contributed by atoms with Gasteiger partial charge in [-0.2, -0.15) is 0 Å². The molecule has 0 radical (unpaired) electrons. The minimum absolute atomic E-state index is 0.543. The molecule has 20 heavy (non-hydrogen) atoms. The molecule has 0 aliphatic carbocycles. The maximum atomic E-state index is 5.47. The first kappa shape index (κ1) is 16.3. The third-order valence-corrected chi connectivity index (χ3v) is 5.79. The summed E-state index contributed by atoms with van der Waals surface area (Å²) < 4.78 is 11.9. The van der Waals surface area contributed by atoms with Gasteiger partial charge >= 0.3 is 0 Å². The summed E-state index contributed by atoms with van der Waals surface area (Å²) in [6, 6.07) is 2.83. The van der Waals surface area contributed by atoms with Crippen LogP contribution in [0, 0.1) is 0 Å². The Hall–Kier alpha value is -0.0700. The fourth-order valence-electron chi connectivity index (χ4n) is 2.39. The number of ether oxygens (including phenoxy) is 2. The summed E-state index contributed by atoms with van der Waals surface area (Å²) in [7, 11) is 1.70. The second-order valence-corrected chi connectivity index (χ2v) is 7.77. The van der Waals surface area contributed by atoms with E-state index in [1.54, 1.807) is 7.11 Å². The molecule has 1 aliphatic heterocycles. The highest BCUT2D eigenvalue weighted by molar-refractivity contribution is 8.01. The summed E-state index contributed by atoms with van der Waals surface area (Å²) in [5.74, 6) is 0. The molecule has 0 saturated carbocycles. The molecular weight excluding hydrogens is 290 g/mol. The number of unbranched alkanes of at least 4 members (excludes halogenated alkanes) is 1. The van der Waals surface area contributed by atoms with Crippen LogP contribution in [0.5, 0.6) is 0 Å². The van der Waals surface area contributed by atoms with Crippen molar-refractivity contribution in [3.63, 3.8) is 0 Å². The van der Waals surface area contributed by atoms with Crippen LogP contribution in [0.25, 0.3) is 0 Å². The lowest BCUT2D eigenvalue weighted by atomic mass is 10.0. The van der Waals surface area contributed by atoms with E-state index in [0.29, 0.717) is 19.3 Å². The van der Waals surface area contributed by atoms with Crippen molar-refractivity contribution in [3.8, 4) is 0 Å². The Bertz CT molecular complexity index is 384. The van der Waals surface area contributed by atoms with Gasteiger partial charge in [-0.05, 0) is 42.8 Å². The van der Waals surface area contributed by atoms with Gasteiger partial charge in [0.1, 0.15) is 0 Å². The van der Waals surface area contributed by atoms with E-state index in [9.17, 15) is 0 Å². The van der Waals surface area contributed by atoms with Crippen molar-refractivity contribution in [2.75, 3.05) is 33.5 Å². The van der Waals surface area contributed by atoms with Crippen LogP contribution < -0.4 is 5.32 Å². The average Bonchev–Trinajstić information content (AvgIpc) is 2.89. The molecule has 1 aromatic rings. The van der Waals surface area contributed by atoms with E-state index in [2.05, 4.69) is 23.7 Å². The Kier molecular flexibility index (Phi) is 7.38. The molecule has 114 valence electrons. The molecule has 5 heteroatoms. The standard InChI is InChI=1S/C15H25NO2S2/c1-12-11-14(13-5-10-19-15(13)20-12)16-6-3-4-7-18-9-8-17-2/h5,10,12,14,16H,3-4,6-9,11H2,1-2H3/t12-,14?/m0/s1. The van der Waals surface area contributed by atoms with E-state index in [4.69, 9.17) is 9.47 Å². The predicted molar refractivity (Wildman–Crippen MR) is 86.9 cm³/mol. The number of methoxy groups -OCH3 is 1. The topological polar surface area (TPSA) is 30.5 Å². The van der Waals surface area contributed by atoms with Gasteiger partial charge in [0.25, 0.3) is 0 Å². The van der Waals surface area contributed by atoms with Gasteiger partial charge in [-0.1, -0.05) is 6.92 Å². The van der Waals surface area contributed by atoms with Crippen LogP contribution in [0.4, 0.5) is 0 Å². The summed E-state index contributed by atoms with van der Waals surface area (Å²) >= 11 is 3.90. The fourth-order valence-corrected chi connectivity index (χ4v) is 4.96. The second kappa shape index (κ2) is 9.05. The van der Waals surface area contributed by atoms with Crippen molar-refractivity contribution in [3.05, 3.63) is 17.0 Å². The maximum Gasteiger partial charge on any atom is 0.0700 e. The molecule has 1 aliphatic rings. The highest BCUT2D eigenvalue weighted by Crippen LogP contribution is 2.43. The summed E-state index contributed by atoms with van der Waals surface area (Å²) in [5.41, 5.74) is 1.51. The number of rotatable bonds is 9. The van der Waals surface area contributed by atoms with E-state index in [1.165, 1.54) is 22.6 Å². The Morgan fingerprint density at radius 1 is 1.30 bits per heavy atom. The molecule has 0 fully saturated rings. The molecule has 0 saturated heterocycles. The number of hydrogen-bond donors (Lipinski definition) is 1. The summed E-state index contributed by atoms with van der Waals surface area (Å²) in [6.45, 7) is 5.64. The summed E-state index contributed by atoms with van der Waals surface area (Å²) in [4.78, 5) is 0. The number of thiophene rings is 1. The number of nitrogens with one attached hydrogen (secondary N) is 1. The molecule has 0 bridgehead atoms. The smallest absolute Gasteiger partial charge is 0.0700 e. The Morgan fingerprint density at radius 2 is 2.20 bits per heavy atom. The molecule has 0 aromatic carbocycles. The minimum Gasteiger partial charge on any atom is -0.382 e. The lowest BCUT2D eigenvalue weighted by Gasteiger charge is -2.27. The van der Waals surface area contributed by atoms with E-state index < -0.39 is 0 Å². The number of thioether (sulfide) groups is 1. The average molecular weight is 316 g/mol. The Labute approximate surface area is 130 Å². The van der Waals surface area contributed by atoms with Crippen LogP contribution in [0.3, 0.4) is 0 Å². The van der Waals surface area contributed by atoms with Gasteiger partial charge in [0.2, 0.25) is 0 Å². The highest BCUT2D eigenvalue weighted by Gasteiger charge is 2.25. The van der Waals surface area contributed by atoms with Gasteiger partial charge in [-0.25, -0.2) is 0 Å². The van der Waals surface area contributed by atoms with Gasteiger partial charge in [-0.15, -0.1) is 23.1 Å². The highest BCUT2D eigenvalue weighted by atomic mass is 32.2. The first-order chi connectivity index (χ1) is 9.81. The molecule has 1 N–H and O–H groups in total. The zero-order valence-corrected chi connectivity index (χ0v) is 14.0. The quantitative estimate of drug-likeness (QED) is 0.704. The molecule has 1 aromatic heterocycles. The fraction of sp³-hybridized carbons (Fsp3) is 0.733. The molecule has 1 unspecified atom stereocenters. The van der Waals surface area contributed by atoms with Crippen molar-refractivity contribution < 1.29 is 9.47 Å². The number of hydrogen-bond acceptors (Lipinski definition) is 5. The lowest BCUT2D eigenvalue weighted by Crippen LogP contribution is -2.27. The first-order valence-corrected chi connectivity index (χ1v) is 9.11. The first-order valence-electron chi connectivity index (χ1n) is 7.35. The van der Waals surface area contributed by atoms with E-state index in [0.717, 1.165) is 24.8 Å². The van der Waals surface area contributed by atoms with E-state index in [-0.39, 0.29) is 0 Å². The molecule has 2 atom stereocenters. The van der Waals surface area contributed by atoms with Crippen LogP contribution >= 0.6 is 23.1 Å². The van der Waals surface area contributed by atoms with E-state index >= 15 is 0 Å². The summed E-state index contributed by atoms with van der Waals surface area (Å²) in [6.07, 6.45) is 3.52. The predicted octanol–water partition coefficient (Wildman–Crippen LogP) is 3.71. The normalized spacial score (nSPS) is 21.9. The van der Waals surface area contributed by atoms with Crippen molar-refractivity contribution in [2.24, 2.45) is 0 Å². The van der Waals surface area contributed by atoms with Crippen molar-refractivity contribution in [1.82, 2.24) is 5.32 Å². The summed E-state index contributed by atoms with van der Waals surface area (Å²) in [5, 5.41) is 6.64. The Morgan fingerprint density at radius 3 is 3.05 bits per heavy atom. The van der Waals surface area contributed by atoms with Gasteiger partial charge < -0.3 is 14.8 Å². The van der Waals surface area contributed by atoms with Gasteiger partial charge in [-0.3, -0.25) is 0 Å². The molecule has 2 rings (SSSR count). The SMILES string of the molecule is COCCOCCCCNC1C[C@H](C)Sc2sccc21. The number of fused-ring (bicyclic) bond motifs is 1. The maximum absolute atomic E-state index is 5.47. The molecule has 0 amide bonds. The zero-order valence-electron chi connectivity index (χ0n) is 12.4. The third-order valence-electron chi connectivity index (χ3n) is 3.45. The van der Waals surface area contributed by atoms with Crippen molar-refractivity contribution in [2.45, 2.75) is 41.7 Å². The lowest BCUT2D eigenvalue weighted by molar-refractivity contribution is 0.0687. The zero-order chi connectivity index (χ0) is 14.2. The second-order valence-electron chi connectivity index (χ2n) is 5.15.